The van der Waals surface area contributed by atoms with Crippen LogP contribution in [0.25, 0.3) is 10.1 Å². The number of rotatable bonds is 6. The minimum Gasteiger partial charge on any atom is -0.396 e. The average molecular weight is 325 g/mol. The molecule has 0 radical (unpaired) electrons. The van der Waals surface area contributed by atoms with Crippen LogP contribution in [0.3, 0.4) is 0 Å². The van der Waals surface area contributed by atoms with Crippen molar-refractivity contribution in [3.05, 3.63) is 71.1 Å². The van der Waals surface area contributed by atoms with Gasteiger partial charge in [0.25, 0.3) is 5.91 Å². The molecule has 2 N–H and O–H groups in total. The lowest BCUT2D eigenvalue weighted by molar-refractivity contribution is 0.0936. The maximum atomic E-state index is 12.6. The molecule has 1 unspecified atom stereocenters. The Kier molecular flexibility index (Phi) is 5.05. The van der Waals surface area contributed by atoms with Crippen molar-refractivity contribution in [2.45, 2.75) is 18.9 Å². The molecule has 23 heavy (non-hydrogen) atoms. The van der Waals surface area contributed by atoms with E-state index in [-0.39, 0.29) is 18.6 Å². The number of aliphatic hydroxyl groups excluding tert-OH is 1. The van der Waals surface area contributed by atoms with Crippen LogP contribution >= 0.6 is 11.3 Å². The van der Waals surface area contributed by atoms with Gasteiger partial charge in [0.1, 0.15) is 0 Å². The largest absolute Gasteiger partial charge is 0.396 e. The molecule has 0 aliphatic heterocycles. The lowest BCUT2D eigenvalue weighted by Crippen LogP contribution is -2.28. The van der Waals surface area contributed by atoms with Crippen molar-refractivity contribution in [3.63, 3.8) is 0 Å². The Balaban J connectivity index is 1.79. The summed E-state index contributed by atoms with van der Waals surface area (Å²) in [5.41, 5.74) is 1.07. The molecule has 118 valence electrons. The van der Waals surface area contributed by atoms with E-state index in [1.54, 1.807) is 0 Å². The number of benzene rings is 2. The number of hydrogen-bond acceptors (Lipinski definition) is 3. The SMILES string of the molecule is O=C(NC(CCCO)c1ccccc1)c1cc2ccccc2s1. The number of aliphatic hydroxyl groups is 1. The van der Waals surface area contributed by atoms with Gasteiger partial charge in [-0.2, -0.15) is 0 Å². The molecule has 3 nitrogen and oxygen atoms in total. The van der Waals surface area contributed by atoms with Gasteiger partial charge in [-0.3, -0.25) is 4.79 Å². The highest BCUT2D eigenvalue weighted by atomic mass is 32.1. The van der Waals surface area contributed by atoms with E-state index >= 15 is 0 Å². The van der Waals surface area contributed by atoms with E-state index in [1.165, 1.54) is 11.3 Å². The molecular weight excluding hydrogens is 306 g/mol. The molecule has 0 fully saturated rings. The van der Waals surface area contributed by atoms with Gasteiger partial charge in [0, 0.05) is 11.3 Å². The molecule has 3 rings (SSSR count). The highest BCUT2D eigenvalue weighted by Crippen LogP contribution is 2.26. The first-order valence-electron chi connectivity index (χ1n) is 7.73. The number of thiophene rings is 1. The summed E-state index contributed by atoms with van der Waals surface area (Å²) in [6.07, 6.45) is 1.38. The monoisotopic (exact) mass is 325 g/mol. The normalized spacial score (nSPS) is 12.2. The predicted molar refractivity (Wildman–Crippen MR) is 94.8 cm³/mol. The zero-order valence-corrected chi connectivity index (χ0v) is 13.6. The summed E-state index contributed by atoms with van der Waals surface area (Å²) in [5, 5.41) is 13.3. The number of hydrogen-bond donors (Lipinski definition) is 2. The summed E-state index contributed by atoms with van der Waals surface area (Å²) in [6, 6.07) is 19.8. The minimum absolute atomic E-state index is 0.0574. The predicted octanol–water partition coefficient (Wildman–Crippen LogP) is 4.14. The molecule has 0 saturated carbocycles. The van der Waals surface area contributed by atoms with Gasteiger partial charge in [0.15, 0.2) is 0 Å². The van der Waals surface area contributed by atoms with Crippen LogP contribution < -0.4 is 5.32 Å². The minimum atomic E-state index is -0.0823. The second kappa shape index (κ2) is 7.40. The Morgan fingerprint density at radius 1 is 1.09 bits per heavy atom. The van der Waals surface area contributed by atoms with Gasteiger partial charge in [-0.15, -0.1) is 11.3 Å². The fraction of sp³-hybridized carbons (Fsp3) is 0.211. The molecule has 1 atom stereocenters. The first-order valence-corrected chi connectivity index (χ1v) is 8.55. The molecule has 0 spiro atoms. The lowest BCUT2D eigenvalue weighted by Gasteiger charge is -2.18. The summed E-state index contributed by atoms with van der Waals surface area (Å²) >= 11 is 1.50. The number of carbonyl (C=O) groups excluding carboxylic acids is 1. The quantitative estimate of drug-likeness (QED) is 0.715. The van der Waals surface area contributed by atoms with E-state index in [1.807, 2.05) is 60.7 Å². The van der Waals surface area contributed by atoms with E-state index in [0.29, 0.717) is 6.42 Å². The smallest absolute Gasteiger partial charge is 0.261 e. The van der Waals surface area contributed by atoms with Crippen LogP contribution in [-0.2, 0) is 0 Å². The Bertz CT molecular complexity index is 749. The molecule has 3 aromatic rings. The fourth-order valence-corrected chi connectivity index (χ4v) is 3.59. The zero-order chi connectivity index (χ0) is 16.1. The third kappa shape index (κ3) is 3.78. The van der Waals surface area contributed by atoms with Gasteiger partial charge in [-0.25, -0.2) is 0 Å². The van der Waals surface area contributed by atoms with Crippen molar-refractivity contribution in [3.8, 4) is 0 Å². The van der Waals surface area contributed by atoms with Gasteiger partial charge in [-0.05, 0) is 35.9 Å². The molecule has 4 heteroatoms. The van der Waals surface area contributed by atoms with E-state index in [9.17, 15) is 4.79 Å². The Morgan fingerprint density at radius 3 is 2.57 bits per heavy atom. The number of fused-ring (bicyclic) bond motifs is 1. The zero-order valence-electron chi connectivity index (χ0n) is 12.7. The summed E-state index contributed by atoms with van der Waals surface area (Å²) < 4.78 is 1.12. The van der Waals surface area contributed by atoms with Gasteiger partial charge in [0.2, 0.25) is 0 Å². The topological polar surface area (TPSA) is 49.3 Å². The van der Waals surface area contributed by atoms with Gasteiger partial charge >= 0.3 is 0 Å². The number of amides is 1. The first-order chi connectivity index (χ1) is 11.3. The molecule has 0 bridgehead atoms. The molecule has 1 aromatic heterocycles. The van der Waals surface area contributed by atoms with Crippen LogP contribution in [0, 0.1) is 0 Å². The highest BCUT2D eigenvalue weighted by molar-refractivity contribution is 7.20. The van der Waals surface area contributed by atoms with Crippen LogP contribution in [0.15, 0.2) is 60.7 Å². The second-order valence-electron chi connectivity index (χ2n) is 5.45. The van der Waals surface area contributed by atoms with Crippen molar-refractivity contribution in [2.75, 3.05) is 6.61 Å². The van der Waals surface area contributed by atoms with Crippen LogP contribution in [0.2, 0.25) is 0 Å². The van der Waals surface area contributed by atoms with Crippen molar-refractivity contribution in [1.29, 1.82) is 0 Å². The number of carbonyl (C=O) groups is 1. The standard InChI is InChI=1S/C19H19NO2S/c21-12-6-10-16(14-7-2-1-3-8-14)20-19(22)18-13-15-9-4-5-11-17(15)23-18/h1-5,7-9,11,13,16,21H,6,10,12H2,(H,20,22). The van der Waals surface area contributed by atoms with Crippen LogP contribution in [-0.4, -0.2) is 17.6 Å². The van der Waals surface area contributed by atoms with E-state index in [2.05, 4.69) is 5.32 Å². The van der Waals surface area contributed by atoms with Crippen LogP contribution in [0.1, 0.15) is 34.1 Å². The Hall–Kier alpha value is -2.17. The fourth-order valence-electron chi connectivity index (χ4n) is 2.63. The molecule has 1 heterocycles. The molecule has 2 aromatic carbocycles. The second-order valence-corrected chi connectivity index (χ2v) is 6.53. The Morgan fingerprint density at radius 2 is 1.83 bits per heavy atom. The average Bonchev–Trinajstić information content (AvgIpc) is 3.03. The summed E-state index contributed by atoms with van der Waals surface area (Å²) in [4.78, 5) is 13.3. The van der Waals surface area contributed by atoms with E-state index in [0.717, 1.165) is 26.9 Å². The summed E-state index contributed by atoms with van der Waals surface area (Å²) in [7, 11) is 0. The van der Waals surface area contributed by atoms with E-state index < -0.39 is 0 Å². The van der Waals surface area contributed by atoms with Gasteiger partial charge in [-0.1, -0.05) is 48.5 Å². The summed E-state index contributed by atoms with van der Waals surface area (Å²) in [6.45, 7) is 0.127. The van der Waals surface area contributed by atoms with Crippen molar-refractivity contribution in [2.24, 2.45) is 0 Å². The van der Waals surface area contributed by atoms with Crippen LogP contribution in [0.5, 0.6) is 0 Å². The number of nitrogens with one attached hydrogen (secondary N) is 1. The van der Waals surface area contributed by atoms with Crippen LogP contribution in [0.4, 0.5) is 0 Å². The van der Waals surface area contributed by atoms with E-state index in [4.69, 9.17) is 5.11 Å². The highest BCUT2D eigenvalue weighted by Gasteiger charge is 2.17. The van der Waals surface area contributed by atoms with Gasteiger partial charge < -0.3 is 10.4 Å². The molecule has 0 aliphatic carbocycles. The first kappa shape index (κ1) is 15.7. The van der Waals surface area contributed by atoms with Crippen molar-refractivity contribution >= 4 is 27.3 Å². The maximum absolute atomic E-state index is 12.6. The molecule has 1 amide bonds. The maximum Gasteiger partial charge on any atom is 0.261 e. The molecule has 0 saturated heterocycles. The molecular formula is C19H19NO2S. The van der Waals surface area contributed by atoms with Crippen molar-refractivity contribution in [1.82, 2.24) is 5.32 Å². The van der Waals surface area contributed by atoms with Gasteiger partial charge in [0.05, 0.1) is 10.9 Å². The lowest BCUT2D eigenvalue weighted by atomic mass is 10.0. The molecule has 0 aliphatic rings. The summed E-state index contributed by atoms with van der Waals surface area (Å²) in [5.74, 6) is -0.0574. The van der Waals surface area contributed by atoms with Crippen molar-refractivity contribution < 1.29 is 9.90 Å². The third-order valence-electron chi connectivity index (χ3n) is 3.81. The third-order valence-corrected chi connectivity index (χ3v) is 4.92. The Labute approximate surface area is 139 Å².